The minimum absolute atomic E-state index is 0.0467. The molecular formula is C21H26N4O2S. The molecule has 2 aliphatic heterocycles. The van der Waals surface area contributed by atoms with Gasteiger partial charge in [-0.2, -0.15) is 0 Å². The number of anilines is 1. The normalized spacial score (nSPS) is 20.0. The first-order valence-electron chi connectivity index (χ1n) is 9.99. The lowest BCUT2D eigenvalue weighted by atomic mass is 10.0. The van der Waals surface area contributed by atoms with E-state index in [2.05, 4.69) is 41.5 Å². The van der Waals surface area contributed by atoms with E-state index >= 15 is 0 Å². The van der Waals surface area contributed by atoms with Crippen LogP contribution in [0.3, 0.4) is 0 Å². The number of thiazole rings is 1. The van der Waals surface area contributed by atoms with E-state index in [1.807, 2.05) is 10.3 Å². The number of nitrogens with one attached hydrogen (secondary N) is 1. The van der Waals surface area contributed by atoms with Crippen LogP contribution < -0.4 is 10.2 Å². The fourth-order valence-corrected chi connectivity index (χ4v) is 4.75. The molecule has 0 spiro atoms. The highest BCUT2D eigenvalue weighted by Gasteiger charge is 2.29. The Kier molecular flexibility index (Phi) is 5.73. The number of hydrogen-bond acceptors (Lipinski definition) is 5. The van der Waals surface area contributed by atoms with Crippen molar-refractivity contribution >= 4 is 28.3 Å². The molecule has 1 aromatic heterocycles. The summed E-state index contributed by atoms with van der Waals surface area (Å²) in [5, 5.41) is 6.03. The van der Waals surface area contributed by atoms with E-state index in [1.165, 1.54) is 22.5 Å². The van der Waals surface area contributed by atoms with Gasteiger partial charge < -0.3 is 10.2 Å². The van der Waals surface area contributed by atoms with Gasteiger partial charge in [0.05, 0.1) is 18.2 Å². The molecule has 4 rings (SSSR count). The molecule has 1 unspecified atom stereocenters. The number of rotatable bonds is 5. The summed E-state index contributed by atoms with van der Waals surface area (Å²) in [5.74, 6) is 0.223. The molecular weight excluding hydrogens is 372 g/mol. The fraction of sp³-hybridized carbons (Fsp3) is 0.476. The van der Waals surface area contributed by atoms with E-state index in [4.69, 9.17) is 0 Å². The summed E-state index contributed by atoms with van der Waals surface area (Å²) in [6.45, 7) is 5.14. The molecule has 2 aliphatic rings. The number of hydrogen-bond donors (Lipinski definition) is 1. The van der Waals surface area contributed by atoms with Gasteiger partial charge in [0.2, 0.25) is 11.8 Å². The van der Waals surface area contributed by atoms with Gasteiger partial charge in [-0.3, -0.25) is 14.5 Å². The number of benzene rings is 1. The Morgan fingerprint density at radius 1 is 1.29 bits per heavy atom. The van der Waals surface area contributed by atoms with Gasteiger partial charge in [0.15, 0.2) is 5.13 Å². The van der Waals surface area contributed by atoms with E-state index in [1.54, 1.807) is 4.90 Å². The van der Waals surface area contributed by atoms with E-state index < -0.39 is 0 Å². The Bertz CT molecular complexity index is 848. The van der Waals surface area contributed by atoms with Crippen molar-refractivity contribution < 1.29 is 9.59 Å². The third-order valence-corrected chi connectivity index (χ3v) is 6.43. The van der Waals surface area contributed by atoms with Gasteiger partial charge in [0.25, 0.3) is 0 Å². The molecule has 7 heteroatoms. The molecule has 6 nitrogen and oxygen atoms in total. The second-order valence-corrected chi connectivity index (χ2v) is 8.19. The molecule has 0 radical (unpaired) electrons. The van der Waals surface area contributed by atoms with Crippen LogP contribution in [-0.4, -0.2) is 47.9 Å². The monoisotopic (exact) mass is 398 g/mol. The molecule has 2 fully saturated rings. The predicted octanol–water partition coefficient (Wildman–Crippen LogP) is 2.55. The number of carbonyl (C=O) groups excluding carboxylic acids is 2. The van der Waals surface area contributed by atoms with Gasteiger partial charge in [0, 0.05) is 38.0 Å². The zero-order valence-corrected chi connectivity index (χ0v) is 17.0. The molecule has 28 heavy (non-hydrogen) atoms. The van der Waals surface area contributed by atoms with Gasteiger partial charge in [-0.1, -0.05) is 31.2 Å². The van der Waals surface area contributed by atoms with Crippen LogP contribution in [0.25, 0.3) is 0 Å². The summed E-state index contributed by atoms with van der Waals surface area (Å²) in [6.07, 6.45) is 2.76. The molecule has 1 aromatic carbocycles. The SMILES string of the molecule is CCc1ccc(C2CNCCN2C(=O)Cc2csc(N3CCCC3=O)n2)cc1. The van der Waals surface area contributed by atoms with Crippen LogP contribution in [0.5, 0.6) is 0 Å². The summed E-state index contributed by atoms with van der Waals surface area (Å²) < 4.78 is 0. The van der Waals surface area contributed by atoms with Crippen LogP contribution in [0.1, 0.15) is 42.6 Å². The third kappa shape index (κ3) is 3.95. The Hall–Kier alpha value is -2.25. The van der Waals surface area contributed by atoms with Crippen molar-refractivity contribution in [1.29, 1.82) is 0 Å². The van der Waals surface area contributed by atoms with Crippen molar-refractivity contribution in [2.45, 2.75) is 38.6 Å². The molecule has 148 valence electrons. The van der Waals surface area contributed by atoms with Crippen LogP contribution in [0.15, 0.2) is 29.6 Å². The average molecular weight is 399 g/mol. The third-order valence-electron chi connectivity index (χ3n) is 5.51. The van der Waals surface area contributed by atoms with Crippen molar-refractivity contribution in [3.63, 3.8) is 0 Å². The lowest BCUT2D eigenvalue weighted by Gasteiger charge is -2.36. The van der Waals surface area contributed by atoms with Crippen molar-refractivity contribution in [2.24, 2.45) is 0 Å². The zero-order valence-electron chi connectivity index (χ0n) is 16.2. The molecule has 2 aromatic rings. The number of aromatic nitrogens is 1. The zero-order chi connectivity index (χ0) is 19.5. The van der Waals surface area contributed by atoms with Crippen molar-refractivity contribution in [3.8, 4) is 0 Å². The predicted molar refractivity (Wildman–Crippen MR) is 111 cm³/mol. The second kappa shape index (κ2) is 8.41. The largest absolute Gasteiger partial charge is 0.333 e. The van der Waals surface area contributed by atoms with E-state index in [-0.39, 0.29) is 24.3 Å². The van der Waals surface area contributed by atoms with Crippen LogP contribution in [0, 0.1) is 0 Å². The van der Waals surface area contributed by atoms with Gasteiger partial charge in [0.1, 0.15) is 0 Å². The molecule has 0 saturated carbocycles. The maximum Gasteiger partial charge on any atom is 0.229 e. The Labute approximate surface area is 169 Å². The number of piperazine rings is 1. The van der Waals surface area contributed by atoms with E-state index in [9.17, 15) is 9.59 Å². The van der Waals surface area contributed by atoms with Crippen LogP contribution in [0.2, 0.25) is 0 Å². The summed E-state index contributed by atoms with van der Waals surface area (Å²) in [7, 11) is 0. The van der Waals surface area contributed by atoms with E-state index in [0.29, 0.717) is 13.0 Å². The van der Waals surface area contributed by atoms with Gasteiger partial charge in [-0.05, 0) is 24.0 Å². The maximum absolute atomic E-state index is 13.1. The summed E-state index contributed by atoms with van der Waals surface area (Å²) in [6, 6.07) is 8.61. The standard InChI is InChI=1S/C21H26N4O2S/c1-2-15-5-7-16(8-6-15)18-13-22-9-11-24(18)20(27)12-17-14-28-21(23-17)25-10-3-4-19(25)26/h5-8,14,18,22H,2-4,9-13H2,1H3. The summed E-state index contributed by atoms with van der Waals surface area (Å²) in [4.78, 5) is 33.2. The second-order valence-electron chi connectivity index (χ2n) is 7.35. The number of amides is 2. The van der Waals surface area contributed by atoms with Gasteiger partial charge in [-0.25, -0.2) is 4.98 Å². The van der Waals surface area contributed by atoms with Crippen molar-refractivity contribution in [1.82, 2.24) is 15.2 Å². The Morgan fingerprint density at radius 3 is 2.82 bits per heavy atom. The fourth-order valence-electron chi connectivity index (χ4n) is 3.88. The highest BCUT2D eigenvalue weighted by molar-refractivity contribution is 7.14. The topological polar surface area (TPSA) is 65.5 Å². The van der Waals surface area contributed by atoms with Gasteiger partial charge >= 0.3 is 0 Å². The molecule has 1 N–H and O–H groups in total. The molecule has 2 saturated heterocycles. The summed E-state index contributed by atoms with van der Waals surface area (Å²) >= 11 is 1.45. The Morgan fingerprint density at radius 2 is 2.11 bits per heavy atom. The quantitative estimate of drug-likeness (QED) is 0.841. The number of carbonyl (C=O) groups is 2. The molecule has 1 atom stereocenters. The number of nitrogens with zero attached hydrogens (tertiary/aromatic N) is 3. The molecule has 3 heterocycles. The molecule has 0 aliphatic carbocycles. The Balaban J connectivity index is 1.46. The smallest absolute Gasteiger partial charge is 0.229 e. The van der Waals surface area contributed by atoms with Crippen molar-refractivity contribution in [2.75, 3.05) is 31.1 Å². The van der Waals surface area contributed by atoms with Crippen LogP contribution >= 0.6 is 11.3 Å². The lowest BCUT2D eigenvalue weighted by molar-refractivity contribution is -0.133. The number of aryl methyl sites for hydroxylation is 1. The van der Waals surface area contributed by atoms with Crippen LogP contribution in [-0.2, 0) is 22.4 Å². The minimum atomic E-state index is 0.0467. The maximum atomic E-state index is 13.1. The first-order chi connectivity index (χ1) is 13.7. The van der Waals surface area contributed by atoms with E-state index in [0.717, 1.165) is 43.3 Å². The summed E-state index contributed by atoms with van der Waals surface area (Å²) in [5.41, 5.74) is 3.22. The first-order valence-corrected chi connectivity index (χ1v) is 10.9. The van der Waals surface area contributed by atoms with Crippen molar-refractivity contribution in [3.05, 3.63) is 46.5 Å². The molecule has 2 amide bonds. The highest BCUT2D eigenvalue weighted by atomic mass is 32.1. The molecule has 0 bridgehead atoms. The average Bonchev–Trinajstić information content (AvgIpc) is 3.36. The first kappa shape index (κ1) is 19.1. The highest BCUT2D eigenvalue weighted by Crippen LogP contribution is 2.27. The minimum Gasteiger partial charge on any atom is -0.333 e. The van der Waals surface area contributed by atoms with Gasteiger partial charge in [-0.15, -0.1) is 11.3 Å². The van der Waals surface area contributed by atoms with Crippen LogP contribution in [0.4, 0.5) is 5.13 Å². The lowest BCUT2D eigenvalue weighted by Crippen LogP contribution is -2.49.